The van der Waals surface area contributed by atoms with Crippen molar-refractivity contribution in [2.75, 3.05) is 31.6 Å². The van der Waals surface area contributed by atoms with Crippen molar-refractivity contribution in [3.63, 3.8) is 0 Å². The van der Waals surface area contributed by atoms with E-state index >= 15 is 0 Å². The summed E-state index contributed by atoms with van der Waals surface area (Å²) in [5.41, 5.74) is 1.80. The molecule has 0 spiro atoms. The van der Waals surface area contributed by atoms with E-state index in [1.165, 1.54) is 50.9 Å². The van der Waals surface area contributed by atoms with Gasteiger partial charge in [0.2, 0.25) is 5.95 Å². The Labute approximate surface area is 216 Å². The second-order valence-corrected chi connectivity index (χ2v) is 10.5. The van der Waals surface area contributed by atoms with Crippen molar-refractivity contribution in [2.24, 2.45) is 0 Å². The number of rotatable bonds is 6. The van der Waals surface area contributed by atoms with E-state index in [0.717, 1.165) is 25.7 Å². The minimum absolute atomic E-state index is 0.0620. The molecule has 37 heavy (non-hydrogen) atoms. The van der Waals surface area contributed by atoms with Crippen LogP contribution in [0.5, 0.6) is 0 Å². The number of benzene rings is 1. The third-order valence-corrected chi connectivity index (χ3v) is 8.19. The second kappa shape index (κ2) is 10.8. The fourth-order valence-electron chi connectivity index (χ4n) is 6.15. The molecule has 2 aliphatic heterocycles. The van der Waals surface area contributed by atoms with Gasteiger partial charge in [-0.1, -0.05) is 0 Å². The van der Waals surface area contributed by atoms with Gasteiger partial charge in [0.05, 0.1) is 17.1 Å². The maximum absolute atomic E-state index is 13.7. The molecule has 1 saturated carbocycles. The summed E-state index contributed by atoms with van der Waals surface area (Å²) in [4.78, 5) is 25.6. The van der Waals surface area contributed by atoms with Gasteiger partial charge >= 0.3 is 5.69 Å². The summed E-state index contributed by atoms with van der Waals surface area (Å²) in [7, 11) is 0. The average Bonchev–Trinajstić information content (AvgIpc) is 3.59. The molecule has 196 valence electrons. The topological polar surface area (TPSA) is 77.2 Å². The highest BCUT2D eigenvalue weighted by atomic mass is 19.1. The lowest BCUT2D eigenvalue weighted by atomic mass is 9.90. The molecule has 0 radical (unpaired) electrons. The van der Waals surface area contributed by atoms with Crippen molar-refractivity contribution in [3.8, 4) is 17.1 Å². The van der Waals surface area contributed by atoms with Crippen LogP contribution >= 0.6 is 0 Å². The molecule has 0 atom stereocenters. The quantitative estimate of drug-likeness (QED) is 0.534. The normalized spacial score (nSPS) is 23.4. The van der Waals surface area contributed by atoms with Crippen molar-refractivity contribution in [1.29, 1.82) is 0 Å². The fraction of sp³-hybridized carbons (Fsp3) is 0.536. The molecule has 1 N–H and O–H groups in total. The molecule has 1 aromatic carbocycles. The summed E-state index contributed by atoms with van der Waals surface area (Å²) in [5.74, 6) is 0.245. The first kappa shape index (κ1) is 24.3. The first-order valence-corrected chi connectivity index (χ1v) is 13.7. The van der Waals surface area contributed by atoms with E-state index in [4.69, 9.17) is 9.72 Å². The number of aromatic nitrogens is 4. The van der Waals surface area contributed by atoms with Crippen LogP contribution in [0.3, 0.4) is 0 Å². The van der Waals surface area contributed by atoms with Crippen LogP contribution in [0.1, 0.15) is 57.4 Å². The van der Waals surface area contributed by atoms with Crippen molar-refractivity contribution < 1.29 is 9.13 Å². The zero-order chi connectivity index (χ0) is 25.2. The van der Waals surface area contributed by atoms with Crippen molar-refractivity contribution >= 4 is 5.95 Å². The summed E-state index contributed by atoms with van der Waals surface area (Å²) >= 11 is 0. The molecule has 3 aromatic rings. The SMILES string of the molecule is O=c1n(C2CCOCC2)cc(-c2ccnc(NC3CCC(N4CCCC4)CC3)n2)n1-c1ccc(F)cc1. The van der Waals surface area contributed by atoms with Crippen LogP contribution in [-0.4, -0.2) is 62.4 Å². The number of imidazole rings is 1. The third-order valence-electron chi connectivity index (χ3n) is 8.19. The third kappa shape index (κ3) is 5.20. The molecule has 6 rings (SSSR count). The molecular formula is C28H35FN6O2. The van der Waals surface area contributed by atoms with E-state index in [1.54, 1.807) is 27.5 Å². The van der Waals surface area contributed by atoms with E-state index < -0.39 is 0 Å². The van der Waals surface area contributed by atoms with Gasteiger partial charge in [-0.2, -0.15) is 0 Å². The molecule has 9 heteroatoms. The lowest BCUT2D eigenvalue weighted by molar-refractivity contribution is 0.0686. The first-order chi connectivity index (χ1) is 18.2. The molecule has 1 aliphatic carbocycles. The zero-order valence-corrected chi connectivity index (χ0v) is 21.2. The minimum Gasteiger partial charge on any atom is -0.381 e. The number of hydrogen-bond acceptors (Lipinski definition) is 6. The molecule has 8 nitrogen and oxygen atoms in total. The monoisotopic (exact) mass is 506 g/mol. The molecule has 0 amide bonds. The Hall–Kier alpha value is -3.04. The zero-order valence-electron chi connectivity index (χ0n) is 21.2. The van der Waals surface area contributed by atoms with E-state index in [9.17, 15) is 9.18 Å². The fourth-order valence-corrected chi connectivity index (χ4v) is 6.15. The Morgan fingerprint density at radius 3 is 2.38 bits per heavy atom. The lowest BCUT2D eigenvalue weighted by Crippen LogP contribution is -2.39. The summed E-state index contributed by atoms with van der Waals surface area (Å²) in [6, 6.07) is 8.97. The number of hydrogen-bond donors (Lipinski definition) is 1. The highest BCUT2D eigenvalue weighted by Gasteiger charge is 2.28. The minimum atomic E-state index is -0.338. The number of halogens is 1. The Morgan fingerprint density at radius 2 is 1.65 bits per heavy atom. The van der Waals surface area contributed by atoms with E-state index in [0.29, 0.717) is 48.3 Å². The van der Waals surface area contributed by atoms with Crippen LogP contribution < -0.4 is 11.0 Å². The smallest absolute Gasteiger partial charge is 0.333 e. The Bertz CT molecular complexity index is 1250. The van der Waals surface area contributed by atoms with Crippen molar-refractivity contribution in [1.82, 2.24) is 24.0 Å². The highest BCUT2D eigenvalue weighted by Crippen LogP contribution is 2.29. The van der Waals surface area contributed by atoms with Crippen LogP contribution in [0, 0.1) is 5.82 Å². The van der Waals surface area contributed by atoms with Crippen molar-refractivity contribution in [3.05, 3.63) is 59.0 Å². The second-order valence-electron chi connectivity index (χ2n) is 10.5. The van der Waals surface area contributed by atoms with Crippen LogP contribution in [0.4, 0.5) is 10.3 Å². The summed E-state index contributed by atoms with van der Waals surface area (Å²) < 4.78 is 22.6. The highest BCUT2D eigenvalue weighted by molar-refractivity contribution is 5.59. The Morgan fingerprint density at radius 1 is 0.919 bits per heavy atom. The first-order valence-electron chi connectivity index (χ1n) is 13.7. The van der Waals surface area contributed by atoms with Crippen molar-refractivity contribution in [2.45, 2.75) is 69.5 Å². The molecule has 2 saturated heterocycles. The maximum atomic E-state index is 13.7. The number of nitrogens with zero attached hydrogens (tertiary/aromatic N) is 5. The van der Waals surface area contributed by atoms with Gasteiger partial charge in [0.1, 0.15) is 5.82 Å². The molecule has 0 bridgehead atoms. The maximum Gasteiger partial charge on any atom is 0.333 e. The van der Waals surface area contributed by atoms with E-state index in [2.05, 4.69) is 15.2 Å². The van der Waals surface area contributed by atoms with Gasteiger partial charge in [-0.3, -0.25) is 9.13 Å². The molecular weight excluding hydrogens is 471 g/mol. The average molecular weight is 507 g/mol. The van der Waals surface area contributed by atoms with Crippen LogP contribution in [0.25, 0.3) is 17.1 Å². The Kier molecular flexibility index (Phi) is 7.06. The van der Waals surface area contributed by atoms with Crippen LogP contribution in [0.15, 0.2) is 47.5 Å². The molecule has 0 unspecified atom stereocenters. The van der Waals surface area contributed by atoms with Gasteiger partial charge in [-0.15, -0.1) is 0 Å². The molecule has 3 aliphatic rings. The van der Waals surface area contributed by atoms with Gasteiger partial charge in [0, 0.05) is 43.7 Å². The summed E-state index contributed by atoms with van der Waals surface area (Å²) in [6.45, 7) is 3.76. The number of likely N-dealkylation sites (tertiary alicyclic amines) is 1. The van der Waals surface area contributed by atoms with Gasteiger partial charge < -0.3 is 15.0 Å². The predicted octanol–water partition coefficient (Wildman–Crippen LogP) is 4.41. The lowest BCUT2D eigenvalue weighted by Gasteiger charge is -2.34. The van der Waals surface area contributed by atoms with Gasteiger partial charge in [0.25, 0.3) is 0 Å². The standard InChI is InChI=1S/C28H35FN6O2/c29-20-3-7-24(8-4-20)35-26(19-34(28(35)36)23-12-17-37-18-13-23)25-11-14-30-27(32-25)31-21-5-9-22(10-6-21)33-15-1-2-16-33/h3-4,7-8,11,14,19,21-23H,1-2,5-6,9-10,12-13,15-18H2,(H,30,31,32). The van der Waals surface area contributed by atoms with E-state index in [-0.39, 0.29) is 17.5 Å². The number of nitrogens with one attached hydrogen (secondary N) is 1. The number of ether oxygens (including phenoxy) is 1. The van der Waals surface area contributed by atoms with Gasteiger partial charge in [-0.25, -0.2) is 19.2 Å². The number of anilines is 1. The molecule has 3 fully saturated rings. The summed E-state index contributed by atoms with van der Waals surface area (Å²) in [6.07, 6.45) is 12.5. The predicted molar refractivity (Wildman–Crippen MR) is 141 cm³/mol. The summed E-state index contributed by atoms with van der Waals surface area (Å²) in [5, 5.41) is 3.55. The molecule has 2 aromatic heterocycles. The van der Waals surface area contributed by atoms with Gasteiger partial charge in [-0.05, 0) is 94.8 Å². The van der Waals surface area contributed by atoms with Gasteiger partial charge in [0.15, 0.2) is 0 Å². The Balaban J connectivity index is 1.26. The molecule has 4 heterocycles. The van der Waals surface area contributed by atoms with E-state index in [1.807, 2.05) is 12.3 Å². The van der Waals surface area contributed by atoms with Crippen LogP contribution in [0.2, 0.25) is 0 Å². The largest absolute Gasteiger partial charge is 0.381 e. The van der Waals surface area contributed by atoms with Crippen LogP contribution in [-0.2, 0) is 4.74 Å².